The van der Waals surface area contributed by atoms with Crippen molar-refractivity contribution in [3.05, 3.63) is 155 Å². The van der Waals surface area contributed by atoms with Crippen molar-refractivity contribution < 1.29 is 14.0 Å². The molecule has 9 aromatic rings. The van der Waals surface area contributed by atoms with Crippen molar-refractivity contribution in [3.8, 4) is 22.5 Å². The standard InChI is InChI=1S/C27H22FN5O.C22H22ClN5O/c28-20-5-3-4-17(14-20)15-29-25-26-30-16-24(33(26)23-7-2-1-6-22(23)32-25)18-8-10-19(11-9-18)27(34)31-21-12-13-21;1-13(2)11-25-20-21-26-12-19(28(21)18-7-5-4-6-17(18)27-20)14-8-9-15(16(23)10-14)22(29)24-3/h1-11,14,16,21H,12-13,15H2,(H,29,32)(H,31,34);4-10,12-13H,11H2,1-3H3,(H,24,29)(H,25,27). The van der Waals surface area contributed by atoms with Crippen molar-refractivity contribution in [2.24, 2.45) is 5.92 Å². The molecule has 0 radical (unpaired) electrons. The van der Waals surface area contributed by atoms with Gasteiger partial charge < -0.3 is 21.3 Å². The van der Waals surface area contributed by atoms with Crippen LogP contribution in [0, 0.1) is 11.7 Å². The van der Waals surface area contributed by atoms with E-state index in [1.807, 2.05) is 97.3 Å². The number of amides is 2. The zero-order valence-corrected chi connectivity index (χ0v) is 35.6. The molecular weight excluding hydrogens is 815 g/mol. The molecule has 10 rings (SSSR count). The SMILES string of the molecule is CNC(=O)c1ccc(-c2cnc3c(NCC(C)C)nc4ccccc4n23)cc1Cl.O=C(NC1CC1)c1ccc(-c2cnc3c(NCc4cccc(F)c4)nc4ccccc4n23)cc1. The number of rotatable bonds is 11. The van der Waals surface area contributed by atoms with Crippen LogP contribution in [0.1, 0.15) is 53.0 Å². The molecule has 1 saturated carbocycles. The Morgan fingerprint density at radius 1 is 0.730 bits per heavy atom. The second-order valence-corrected chi connectivity index (χ2v) is 16.3. The van der Waals surface area contributed by atoms with Crippen LogP contribution in [0.2, 0.25) is 5.02 Å². The lowest BCUT2D eigenvalue weighted by Gasteiger charge is -2.13. The first-order chi connectivity index (χ1) is 30.6. The molecule has 4 aromatic heterocycles. The van der Waals surface area contributed by atoms with Gasteiger partial charge in [-0.1, -0.05) is 80.0 Å². The number of carbonyl (C=O) groups is 2. The van der Waals surface area contributed by atoms with Crippen LogP contribution in [-0.4, -0.2) is 60.2 Å². The van der Waals surface area contributed by atoms with Gasteiger partial charge in [-0.25, -0.2) is 24.3 Å². The molecule has 0 bridgehead atoms. The van der Waals surface area contributed by atoms with E-state index in [9.17, 15) is 14.0 Å². The Morgan fingerprint density at radius 2 is 1.33 bits per heavy atom. The van der Waals surface area contributed by atoms with E-state index in [-0.39, 0.29) is 17.6 Å². The lowest BCUT2D eigenvalue weighted by atomic mass is 10.1. The number of nitrogens with one attached hydrogen (secondary N) is 4. The third-order valence-electron chi connectivity index (χ3n) is 10.8. The summed E-state index contributed by atoms with van der Waals surface area (Å²) in [5.41, 5.74) is 10.5. The summed E-state index contributed by atoms with van der Waals surface area (Å²) in [6, 6.07) is 35.7. The maximum absolute atomic E-state index is 13.6. The molecule has 14 heteroatoms. The highest BCUT2D eigenvalue weighted by molar-refractivity contribution is 6.34. The maximum atomic E-state index is 13.6. The van der Waals surface area contributed by atoms with Crippen LogP contribution < -0.4 is 21.3 Å². The molecule has 1 aliphatic carbocycles. The number of nitrogens with zero attached hydrogens (tertiary/aromatic N) is 6. The zero-order chi connectivity index (χ0) is 43.6. The number of hydrogen-bond donors (Lipinski definition) is 4. The number of imidazole rings is 2. The van der Waals surface area contributed by atoms with E-state index in [1.54, 1.807) is 25.2 Å². The summed E-state index contributed by atoms with van der Waals surface area (Å²) >= 11 is 6.39. The van der Waals surface area contributed by atoms with Crippen LogP contribution in [0.5, 0.6) is 0 Å². The van der Waals surface area contributed by atoms with E-state index >= 15 is 0 Å². The minimum atomic E-state index is -0.270. The molecule has 316 valence electrons. The van der Waals surface area contributed by atoms with Crippen molar-refractivity contribution in [1.82, 2.24) is 39.4 Å². The lowest BCUT2D eigenvalue weighted by molar-refractivity contribution is 0.0947. The number of carbonyl (C=O) groups excluding carboxylic acids is 2. The molecule has 1 fully saturated rings. The number of para-hydroxylation sites is 4. The number of aromatic nitrogens is 6. The maximum Gasteiger partial charge on any atom is 0.252 e. The minimum absolute atomic E-state index is 0.0364. The molecule has 0 saturated heterocycles. The van der Waals surface area contributed by atoms with Crippen LogP contribution in [0.25, 0.3) is 55.9 Å². The number of fused-ring (bicyclic) bond motifs is 6. The van der Waals surface area contributed by atoms with Gasteiger partial charge in [0.15, 0.2) is 22.9 Å². The first-order valence-corrected chi connectivity index (χ1v) is 21.2. The first kappa shape index (κ1) is 41.0. The number of benzene rings is 5. The highest BCUT2D eigenvalue weighted by Crippen LogP contribution is 2.32. The Hall–Kier alpha value is -7.38. The van der Waals surface area contributed by atoms with Crippen molar-refractivity contribution in [2.75, 3.05) is 24.2 Å². The molecule has 0 aliphatic heterocycles. The molecule has 4 heterocycles. The Labute approximate surface area is 367 Å². The summed E-state index contributed by atoms with van der Waals surface area (Å²) in [7, 11) is 1.59. The molecule has 1 aliphatic rings. The first-order valence-electron chi connectivity index (χ1n) is 20.8. The minimum Gasteiger partial charge on any atom is -0.367 e. The Morgan fingerprint density at radius 3 is 1.92 bits per heavy atom. The molecule has 12 nitrogen and oxygen atoms in total. The number of hydrogen-bond acceptors (Lipinski definition) is 8. The summed E-state index contributed by atoms with van der Waals surface area (Å²) in [4.78, 5) is 43.2. The fraction of sp³-hybridized carbons (Fsp3) is 0.184. The van der Waals surface area contributed by atoms with Gasteiger partial charge in [-0.15, -0.1) is 0 Å². The molecule has 4 N–H and O–H groups in total. The van der Waals surface area contributed by atoms with Gasteiger partial charge in [0.05, 0.1) is 56.4 Å². The molecule has 0 spiro atoms. The monoisotopic (exact) mass is 858 g/mol. The fourth-order valence-corrected chi connectivity index (χ4v) is 7.69. The molecule has 5 aromatic carbocycles. The van der Waals surface area contributed by atoms with Crippen molar-refractivity contribution in [1.29, 1.82) is 0 Å². The fourth-order valence-electron chi connectivity index (χ4n) is 7.42. The molecule has 0 atom stereocenters. The van der Waals surface area contributed by atoms with Gasteiger partial charge in [-0.3, -0.25) is 18.4 Å². The summed E-state index contributed by atoms with van der Waals surface area (Å²) in [5, 5.41) is 12.8. The second-order valence-electron chi connectivity index (χ2n) is 15.9. The molecule has 2 amide bonds. The van der Waals surface area contributed by atoms with Gasteiger partial charge in [-0.05, 0) is 85.0 Å². The van der Waals surface area contributed by atoms with Crippen molar-refractivity contribution in [2.45, 2.75) is 39.3 Å². The smallest absolute Gasteiger partial charge is 0.252 e. The van der Waals surface area contributed by atoms with E-state index in [0.29, 0.717) is 46.1 Å². The van der Waals surface area contributed by atoms with Crippen LogP contribution in [0.3, 0.4) is 0 Å². The zero-order valence-electron chi connectivity index (χ0n) is 34.9. The third-order valence-corrected chi connectivity index (χ3v) is 11.1. The van der Waals surface area contributed by atoms with Crippen LogP contribution in [0.15, 0.2) is 128 Å². The number of halogens is 2. The van der Waals surface area contributed by atoms with Crippen LogP contribution in [-0.2, 0) is 6.54 Å². The van der Waals surface area contributed by atoms with Gasteiger partial charge in [0, 0.05) is 42.9 Å². The Bertz CT molecular complexity index is 3160. The van der Waals surface area contributed by atoms with E-state index in [4.69, 9.17) is 21.6 Å². The van der Waals surface area contributed by atoms with Crippen molar-refractivity contribution >= 4 is 68.4 Å². The van der Waals surface area contributed by atoms with E-state index in [2.05, 4.69) is 53.9 Å². The van der Waals surface area contributed by atoms with Gasteiger partial charge in [0.25, 0.3) is 11.8 Å². The topological polar surface area (TPSA) is 143 Å². The summed E-state index contributed by atoms with van der Waals surface area (Å²) < 4.78 is 17.7. The third kappa shape index (κ3) is 8.60. The van der Waals surface area contributed by atoms with E-state index < -0.39 is 0 Å². The van der Waals surface area contributed by atoms with Gasteiger partial charge in [0.2, 0.25) is 0 Å². The summed E-state index contributed by atoms with van der Waals surface area (Å²) in [6.07, 6.45) is 5.75. The average molecular weight is 859 g/mol. The van der Waals surface area contributed by atoms with Gasteiger partial charge >= 0.3 is 0 Å². The molecule has 63 heavy (non-hydrogen) atoms. The summed E-state index contributed by atoms with van der Waals surface area (Å²) in [6.45, 7) is 5.53. The average Bonchev–Trinajstić information content (AvgIpc) is 3.81. The van der Waals surface area contributed by atoms with Crippen LogP contribution >= 0.6 is 11.6 Å². The normalized spacial score (nSPS) is 12.4. The van der Waals surface area contributed by atoms with E-state index in [1.165, 1.54) is 12.1 Å². The summed E-state index contributed by atoms with van der Waals surface area (Å²) in [5.74, 6) is 1.33. The van der Waals surface area contributed by atoms with Crippen molar-refractivity contribution in [3.63, 3.8) is 0 Å². The van der Waals surface area contributed by atoms with E-state index in [0.717, 1.165) is 81.0 Å². The quantitative estimate of drug-likeness (QED) is 0.101. The highest BCUT2D eigenvalue weighted by Gasteiger charge is 2.24. The molecule has 0 unspecified atom stereocenters. The van der Waals surface area contributed by atoms with Gasteiger partial charge in [0.1, 0.15) is 5.82 Å². The lowest BCUT2D eigenvalue weighted by Crippen LogP contribution is -2.25. The molecular formula is C49H44ClFN10O2. The largest absolute Gasteiger partial charge is 0.367 e. The van der Waals surface area contributed by atoms with Crippen LogP contribution in [0.4, 0.5) is 16.0 Å². The van der Waals surface area contributed by atoms with Gasteiger partial charge in [-0.2, -0.15) is 0 Å². The predicted molar refractivity (Wildman–Crippen MR) is 248 cm³/mol. The second kappa shape index (κ2) is 17.5. The predicted octanol–water partition coefficient (Wildman–Crippen LogP) is 9.82. The Kier molecular flexibility index (Phi) is 11.4. The Balaban J connectivity index is 0.000000162. The highest BCUT2D eigenvalue weighted by atomic mass is 35.5. The number of anilines is 2.